The van der Waals surface area contributed by atoms with Gasteiger partial charge in [0, 0.05) is 13.1 Å². The summed E-state index contributed by atoms with van der Waals surface area (Å²) in [7, 11) is 1.18. The second kappa shape index (κ2) is 2.81. The molecule has 0 saturated carbocycles. The number of ether oxygens (including phenoxy) is 1. The lowest BCUT2D eigenvalue weighted by Gasteiger charge is -2.32. The van der Waals surface area contributed by atoms with Gasteiger partial charge in [0.05, 0.1) is 22.6 Å². The van der Waals surface area contributed by atoms with Gasteiger partial charge in [0.15, 0.2) is 0 Å². The summed E-state index contributed by atoms with van der Waals surface area (Å²) in [6.07, 6.45) is 0.900. The topological polar surface area (TPSA) is 12.5 Å². The molecular weight excluding hydrogens is 130 g/mol. The highest BCUT2D eigenvalue weighted by Crippen LogP contribution is 2.06. The molecule has 54 valence electrons. The zero-order chi connectivity index (χ0) is 6.85. The summed E-state index contributed by atoms with van der Waals surface area (Å²) in [5.74, 6) is 0. The van der Waals surface area contributed by atoms with E-state index in [1.165, 1.54) is 10.4 Å². The maximum absolute atomic E-state index is 5.54. The Morgan fingerprint density at radius 2 is 1.78 bits per heavy atom. The predicted molar refractivity (Wildman–Crippen MR) is 41.5 cm³/mol. The van der Waals surface area contributed by atoms with E-state index in [0.717, 1.165) is 13.1 Å². The van der Waals surface area contributed by atoms with Crippen molar-refractivity contribution < 1.29 is 4.74 Å². The first-order valence-corrected chi connectivity index (χ1v) is 4.42. The molecule has 9 heavy (non-hydrogen) atoms. The minimum Gasteiger partial charge on any atom is -0.373 e. The molecule has 0 bridgehead atoms. The van der Waals surface area contributed by atoms with Crippen LogP contribution in [-0.2, 0) is 4.74 Å². The highest BCUT2D eigenvalue weighted by atomic mass is 28.2. The van der Waals surface area contributed by atoms with Gasteiger partial charge in [-0.1, -0.05) is 0 Å². The third kappa shape index (κ3) is 2.08. The van der Waals surface area contributed by atoms with Gasteiger partial charge >= 0.3 is 0 Å². The van der Waals surface area contributed by atoms with Crippen molar-refractivity contribution in [3.8, 4) is 0 Å². The molecule has 2 nitrogen and oxygen atoms in total. The summed E-state index contributed by atoms with van der Waals surface area (Å²) >= 11 is 0. The molecule has 0 aliphatic carbocycles. The van der Waals surface area contributed by atoms with E-state index in [9.17, 15) is 0 Å². The molecule has 2 unspecified atom stereocenters. The molecule has 1 fully saturated rings. The van der Waals surface area contributed by atoms with Crippen LogP contribution in [0, 0.1) is 0 Å². The van der Waals surface area contributed by atoms with Crippen LogP contribution in [0.5, 0.6) is 0 Å². The summed E-state index contributed by atoms with van der Waals surface area (Å²) in [6, 6.07) is 0. The van der Waals surface area contributed by atoms with Crippen molar-refractivity contribution in [2.24, 2.45) is 0 Å². The summed E-state index contributed by atoms with van der Waals surface area (Å²) < 4.78 is 7.98. The van der Waals surface area contributed by atoms with Crippen molar-refractivity contribution >= 4 is 10.4 Å². The fourth-order valence-corrected chi connectivity index (χ4v) is 2.46. The Bertz CT molecular complexity index is 74.0. The van der Waals surface area contributed by atoms with Gasteiger partial charge in [-0.05, 0) is 13.8 Å². The average Bonchev–Trinajstić information content (AvgIpc) is 1.59. The zero-order valence-electron chi connectivity index (χ0n) is 6.42. The molecule has 0 spiro atoms. The van der Waals surface area contributed by atoms with Crippen LogP contribution in [0.25, 0.3) is 0 Å². The lowest BCUT2D eigenvalue weighted by Crippen LogP contribution is -2.43. The van der Waals surface area contributed by atoms with E-state index in [-0.39, 0.29) is 0 Å². The van der Waals surface area contributed by atoms with Crippen LogP contribution in [-0.4, -0.2) is 40.3 Å². The second-order valence-corrected chi connectivity index (χ2v) is 4.24. The number of hydrogen-bond donors (Lipinski definition) is 0. The van der Waals surface area contributed by atoms with E-state index in [0.29, 0.717) is 12.2 Å². The maximum atomic E-state index is 5.54. The molecule has 1 saturated heterocycles. The van der Waals surface area contributed by atoms with E-state index in [1.807, 2.05) is 0 Å². The van der Waals surface area contributed by atoms with Crippen molar-refractivity contribution in [2.75, 3.05) is 13.1 Å². The first-order valence-electron chi connectivity index (χ1n) is 3.52. The van der Waals surface area contributed by atoms with E-state index >= 15 is 0 Å². The van der Waals surface area contributed by atoms with Crippen LogP contribution in [0.3, 0.4) is 0 Å². The average molecular weight is 145 g/mol. The van der Waals surface area contributed by atoms with Crippen molar-refractivity contribution in [3.05, 3.63) is 0 Å². The van der Waals surface area contributed by atoms with Gasteiger partial charge in [0.25, 0.3) is 0 Å². The van der Waals surface area contributed by atoms with Gasteiger partial charge in [-0.2, -0.15) is 0 Å². The monoisotopic (exact) mass is 145 g/mol. The van der Waals surface area contributed by atoms with Crippen molar-refractivity contribution in [1.82, 2.24) is 4.57 Å². The molecule has 0 aromatic heterocycles. The Labute approximate surface area is 59.7 Å². The van der Waals surface area contributed by atoms with E-state index in [4.69, 9.17) is 4.74 Å². The third-order valence-corrected chi connectivity index (χ3v) is 2.33. The van der Waals surface area contributed by atoms with Gasteiger partial charge in [-0.25, -0.2) is 0 Å². The van der Waals surface area contributed by atoms with Crippen LogP contribution in [0.4, 0.5) is 0 Å². The van der Waals surface area contributed by atoms with Crippen LogP contribution < -0.4 is 0 Å². The Kier molecular flexibility index (Phi) is 2.27. The standard InChI is InChI=1S/C6H15NOSi/c1-5-3-7(9)4-6(2)8-5/h5-6H,3-4H2,1-2,9H3. The van der Waals surface area contributed by atoms with Gasteiger partial charge in [0.1, 0.15) is 0 Å². The van der Waals surface area contributed by atoms with E-state index in [2.05, 4.69) is 18.4 Å². The normalized spacial score (nSPS) is 39.3. The molecule has 0 N–H and O–H groups in total. The fourth-order valence-electron chi connectivity index (χ4n) is 1.44. The van der Waals surface area contributed by atoms with Crippen LogP contribution >= 0.6 is 0 Å². The van der Waals surface area contributed by atoms with Crippen LogP contribution in [0.2, 0.25) is 0 Å². The van der Waals surface area contributed by atoms with Gasteiger partial charge in [0.2, 0.25) is 0 Å². The Balaban J connectivity index is 2.34. The molecule has 1 aliphatic heterocycles. The van der Waals surface area contributed by atoms with Gasteiger partial charge in [-0.15, -0.1) is 0 Å². The molecule has 1 aliphatic rings. The Morgan fingerprint density at radius 1 is 1.33 bits per heavy atom. The third-order valence-electron chi connectivity index (χ3n) is 1.60. The van der Waals surface area contributed by atoms with Crippen LogP contribution in [0.1, 0.15) is 13.8 Å². The first kappa shape index (κ1) is 7.25. The molecule has 1 heterocycles. The molecule has 0 amide bonds. The molecule has 0 aromatic carbocycles. The van der Waals surface area contributed by atoms with Gasteiger partial charge < -0.3 is 9.30 Å². The maximum Gasteiger partial charge on any atom is 0.0787 e. The summed E-state index contributed by atoms with van der Waals surface area (Å²) in [6.45, 7) is 6.55. The van der Waals surface area contributed by atoms with Crippen molar-refractivity contribution in [2.45, 2.75) is 26.1 Å². The van der Waals surface area contributed by atoms with E-state index < -0.39 is 0 Å². The number of hydrogen-bond acceptors (Lipinski definition) is 2. The summed E-state index contributed by atoms with van der Waals surface area (Å²) in [5.41, 5.74) is 0. The summed E-state index contributed by atoms with van der Waals surface area (Å²) in [4.78, 5) is 0. The largest absolute Gasteiger partial charge is 0.373 e. The molecular formula is C6H15NOSi. The number of morpholine rings is 1. The zero-order valence-corrected chi connectivity index (χ0v) is 8.42. The quantitative estimate of drug-likeness (QED) is 0.421. The highest BCUT2D eigenvalue weighted by Gasteiger charge is 2.17. The first-order chi connectivity index (χ1) is 4.18. The van der Waals surface area contributed by atoms with Crippen LogP contribution in [0.15, 0.2) is 0 Å². The molecule has 2 atom stereocenters. The predicted octanol–water partition coefficient (Wildman–Crippen LogP) is -0.624. The minimum absolute atomic E-state index is 0.450. The summed E-state index contributed by atoms with van der Waals surface area (Å²) in [5, 5.41) is 0. The fraction of sp³-hybridized carbons (Fsp3) is 1.00. The number of nitrogens with zero attached hydrogens (tertiary/aromatic N) is 1. The number of rotatable bonds is 0. The molecule has 1 rings (SSSR count). The van der Waals surface area contributed by atoms with E-state index in [1.54, 1.807) is 0 Å². The second-order valence-electron chi connectivity index (χ2n) is 2.98. The Morgan fingerprint density at radius 3 is 2.11 bits per heavy atom. The molecule has 0 aromatic rings. The lowest BCUT2D eigenvalue weighted by atomic mass is 10.3. The smallest absolute Gasteiger partial charge is 0.0787 e. The highest BCUT2D eigenvalue weighted by molar-refractivity contribution is 6.04. The lowest BCUT2D eigenvalue weighted by molar-refractivity contribution is -0.0439. The molecule has 3 heteroatoms. The minimum atomic E-state index is 0.450. The Hall–Kier alpha value is 0.137. The van der Waals surface area contributed by atoms with Crippen molar-refractivity contribution in [1.29, 1.82) is 0 Å². The van der Waals surface area contributed by atoms with Crippen molar-refractivity contribution in [3.63, 3.8) is 0 Å². The SMILES string of the molecule is CC1CN([SiH3])CC(C)O1. The van der Waals surface area contributed by atoms with Gasteiger partial charge in [-0.3, -0.25) is 0 Å². The molecule has 0 radical (unpaired) electrons.